The number of fused-ring (bicyclic) bond motifs is 1. The maximum Gasteiger partial charge on any atom is 0.298 e. The van der Waals surface area contributed by atoms with E-state index in [0.717, 1.165) is 68.7 Å². The van der Waals surface area contributed by atoms with Crippen molar-refractivity contribution in [1.29, 1.82) is 0 Å². The molecule has 4 rings (SSSR count). The highest BCUT2D eigenvalue weighted by molar-refractivity contribution is 5.76. The van der Waals surface area contributed by atoms with Crippen LogP contribution in [0.1, 0.15) is 32.6 Å². The quantitative estimate of drug-likeness (QED) is 0.753. The zero-order valence-corrected chi connectivity index (χ0v) is 15.8. The number of para-hydroxylation sites is 2. The van der Waals surface area contributed by atoms with E-state index in [2.05, 4.69) is 31.9 Å². The van der Waals surface area contributed by atoms with Gasteiger partial charge in [-0.25, -0.2) is 4.99 Å². The van der Waals surface area contributed by atoms with Gasteiger partial charge in [-0.15, -0.1) is 0 Å². The number of aliphatic imine (C=N–C) groups is 1. The summed E-state index contributed by atoms with van der Waals surface area (Å²) in [5.74, 6) is 0.920. The number of hydrogen-bond acceptors (Lipinski definition) is 6. The topological polar surface area (TPSA) is 54.1 Å². The van der Waals surface area contributed by atoms with Crippen molar-refractivity contribution in [1.82, 2.24) is 9.88 Å². The fourth-order valence-electron chi connectivity index (χ4n) is 3.39. The third-order valence-electron chi connectivity index (χ3n) is 4.87. The first-order chi connectivity index (χ1) is 13.3. The van der Waals surface area contributed by atoms with Crippen LogP contribution < -0.4 is 4.90 Å². The summed E-state index contributed by atoms with van der Waals surface area (Å²) in [4.78, 5) is 13.6. The van der Waals surface area contributed by atoms with E-state index in [9.17, 15) is 0 Å². The molecule has 27 heavy (non-hydrogen) atoms. The van der Waals surface area contributed by atoms with Gasteiger partial charge < -0.3 is 19.0 Å². The van der Waals surface area contributed by atoms with Crippen molar-refractivity contribution in [3.05, 3.63) is 48.4 Å². The first-order valence-electron chi connectivity index (χ1n) is 9.72. The van der Waals surface area contributed by atoms with Gasteiger partial charge >= 0.3 is 0 Å². The van der Waals surface area contributed by atoms with E-state index in [-0.39, 0.29) is 0 Å². The number of amidine groups is 1. The van der Waals surface area contributed by atoms with Gasteiger partial charge in [-0.3, -0.25) is 0 Å². The molecule has 6 heteroatoms. The van der Waals surface area contributed by atoms with Gasteiger partial charge in [-0.05, 0) is 50.8 Å². The number of oxazole rings is 1. The van der Waals surface area contributed by atoms with Crippen LogP contribution in [-0.4, -0.2) is 42.1 Å². The number of aromatic nitrogens is 1. The first-order valence-corrected chi connectivity index (χ1v) is 9.72. The summed E-state index contributed by atoms with van der Waals surface area (Å²) in [6.07, 6.45) is 10.3. The molecule has 0 saturated carbocycles. The first kappa shape index (κ1) is 17.6. The SMILES string of the molecule is C/C1=C\CCC/C=C/N=C(N2CCCN(c3nc4ccccc4o3)CC2)O1. The maximum atomic E-state index is 6.04. The minimum atomic E-state index is 0.682. The molecule has 0 amide bonds. The molecule has 1 saturated heterocycles. The lowest BCUT2D eigenvalue weighted by molar-refractivity contribution is 0.298. The Bertz CT molecular complexity index is 835. The number of hydrogen-bond donors (Lipinski definition) is 0. The summed E-state index contributed by atoms with van der Waals surface area (Å²) < 4.78 is 12.0. The van der Waals surface area contributed by atoms with Crippen molar-refractivity contribution in [2.45, 2.75) is 32.6 Å². The van der Waals surface area contributed by atoms with Gasteiger partial charge in [0.1, 0.15) is 11.3 Å². The van der Waals surface area contributed by atoms with E-state index in [1.165, 1.54) is 0 Å². The average molecular weight is 366 g/mol. The van der Waals surface area contributed by atoms with Crippen molar-refractivity contribution < 1.29 is 9.15 Å². The third-order valence-corrected chi connectivity index (χ3v) is 4.87. The molecule has 6 nitrogen and oxygen atoms in total. The fraction of sp³-hybridized carbons (Fsp3) is 0.429. The largest absolute Gasteiger partial charge is 0.431 e. The minimum Gasteiger partial charge on any atom is -0.431 e. The monoisotopic (exact) mass is 366 g/mol. The summed E-state index contributed by atoms with van der Waals surface area (Å²) in [7, 11) is 0. The lowest BCUT2D eigenvalue weighted by atomic mass is 10.2. The maximum absolute atomic E-state index is 6.04. The molecule has 142 valence electrons. The molecule has 0 aliphatic carbocycles. The van der Waals surface area contributed by atoms with Crippen LogP contribution >= 0.6 is 0 Å². The molecular formula is C21H26N4O2. The Morgan fingerprint density at radius 2 is 1.81 bits per heavy atom. The summed E-state index contributed by atoms with van der Waals surface area (Å²) in [5, 5.41) is 0. The van der Waals surface area contributed by atoms with Gasteiger partial charge in [0.2, 0.25) is 0 Å². The number of ether oxygens (including phenoxy) is 1. The van der Waals surface area contributed by atoms with Crippen LogP contribution in [0, 0.1) is 0 Å². The molecular weight excluding hydrogens is 340 g/mol. The Hall–Kier alpha value is -2.76. The molecule has 0 radical (unpaired) electrons. The van der Waals surface area contributed by atoms with Gasteiger partial charge in [0.25, 0.3) is 12.0 Å². The van der Waals surface area contributed by atoms with Crippen LogP contribution in [-0.2, 0) is 4.74 Å². The number of anilines is 1. The summed E-state index contributed by atoms with van der Waals surface area (Å²) >= 11 is 0. The third kappa shape index (κ3) is 4.32. The fourth-order valence-corrected chi connectivity index (χ4v) is 3.39. The van der Waals surface area contributed by atoms with Crippen LogP contribution in [0.5, 0.6) is 0 Å². The minimum absolute atomic E-state index is 0.682. The molecule has 0 spiro atoms. The number of nitrogens with zero attached hydrogens (tertiary/aromatic N) is 4. The lowest BCUT2D eigenvalue weighted by Gasteiger charge is -2.24. The van der Waals surface area contributed by atoms with Crippen LogP contribution in [0.4, 0.5) is 6.01 Å². The van der Waals surface area contributed by atoms with E-state index >= 15 is 0 Å². The second-order valence-corrected chi connectivity index (χ2v) is 6.94. The number of allylic oxidation sites excluding steroid dienone is 3. The van der Waals surface area contributed by atoms with Crippen molar-refractivity contribution in [2.75, 3.05) is 31.1 Å². The van der Waals surface area contributed by atoms with Gasteiger partial charge in [-0.2, -0.15) is 4.98 Å². The standard InChI is InChI=1S/C21H26N4O2/c1-17-9-4-2-3-7-12-22-20(26-17)24-13-8-14-25(16-15-24)21-23-18-10-5-6-11-19(18)27-21/h5-7,9-12H,2-4,8,13-16H2,1H3/b12-7+,17-9+,22-20?. The highest BCUT2D eigenvalue weighted by atomic mass is 16.5. The molecule has 1 fully saturated rings. The Balaban J connectivity index is 1.48. The second kappa shape index (κ2) is 8.29. The molecule has 2 aliphatic rings. The van der Waals surface area contributed by atoms with E-state index in [4.69, 9.17) is 9.15 Å². The van der Waals surface area contributed by atoms with Crippen molar-refractivity contribution in [2.24, 2.45) is 4.99 Å². The Morgan fingerprint density at radius 3 is 2.74 bits per heavy atom. The highest BCUT2D eigenvalue weighted by Crippen LogP contribution is 2.23. The van der Waals surface area contributed by atoms with E-state index in [1.807, 2.05) is 37.4 Å². The van der Waals surface area contributed by atoms with Crippen molar-refractivity contribution in [3.8, 4) is 0 Å². The summed E-state index contributed by atoms with van der Waals surface area (Å²) in [6, 6.07) is 9.28. The van der Waals surface area contributed by atoms with Crippen molar-refractivity contribution in [3.63, 3.8) is 0 Å². The molecule has 2 aliphatic heterocycles. The highest BCUT2D eigenvalue weighted by Gasteiger charge is 2.22. The normalized spacial score (nSPS) is 22.4. The zero-order valence-electron chi connectivity index (χ0n) is 15.8. The molecule has 0 atom stereocenters. The zero-order chi connectivity index (χ0) is 18.5. The van der Waals surface area contributed by atoms with Gasteiger partial charge in [-0.1, -0.05) is 18.2 Å². The average Bonchev–Trinajstić information content (AvgIpc) is 2.96. The molecule has 0 N–H and O–H groups in total. The second-order valence-electron chi connectivity index (χ2n) is 6.94. The van der Waals surface area contributed by atoms with E-state index in [1.54, 1.807) is 0 Å². The van der Waals surface area contributed by atoms with Gasteiger partial charge in [0, 0.05) is 32.4 Å². The van der Waals surface area contributed by atoms with Crippen LogP contribution in [0.25, 0.3) is 11.1 Å². The van der Waals surface area contributed by atoms with Crippen LogP contribution in [0.15, 0.2) is 57.8 Å². The predicted molar refractivity (Wildman–Crippen MR) is 108 cm³/mol. The number of benzene rings is 1. The molecule has 1 aromatic carbocycles. The van der Waals surface area contributed by atoms with Crippen molar-refractivity contribution >= 4 is 23.1 Å². The molecule has 0 unspecified atom stereocenters. The molecule has 0 bridgehead atoms. The Morgan fingerprint density at radius 1 is 0.963 bits per heavy atom. The predicted octanol–water partition coefficient (Wildman–Crippen LogP) is 4.31. The Labute approximate surface area is 159 Å². The lowest BCUT2D eigenvalue weighted by Crippen LogP contribution is -2.36. The van der Waals surface area contributed by atoms with E-state index in [0.29, 0.717) is 12.0 Å². The molecule has 3 heterocycles. The summed E-state index contributed by atoms with van der Waals surface area (Å²) in [6.45, 7) is 5.45. The van der Waals surface area contributed by atoms with E-state index < -0.39 is 0 Å². The molecule has 1 aromatic heterocycles. The Kier molecular flexibility index (Phi) is 5.42. The van der Waals surface area contributed by atoms with Gasteiger partial charge in [0.05, 0.1) is 0 Å². The number of rotatable bonds is 1. The summed E-state index contributed by atoms with van der Waals surface area (Å²) in [5.41, 5.74) is 1.74. The van der Waals surface area contributed by atoms with Crippen LogP contribution in [0.2, 0.25) is 0 Å². The van der Waals surface area contributed by atoms with Crippen LogP contribution in [0.3, 0.4) is 0 Å². The molecule has 2 aromatic rings. The smallest absolute Gasteiger partial charge is 0.298 e. The van der Waals surface area contributed by atoms with Gasteiger partial charge in [0.15, 0.2) is 5.58 Å².